The van der Waals surface area contributed by atoms with Gasteiger partial charge in [-0.3, -0.25) is 0 Å². The Kier molecular flexibility index (Phi) is 4.96. The van der Waals surface area contributed by atoms with Crippen LogP contribution in [0.15, 0.2) is 30.3 Å². The minimum Gasteiger partial charge on any atom is -0.417 e. The Morgan fingerprint density at radius 2 is 1.65 bits per heavy atom. The number of hydrogen-bond donors (Lipinski definition) is 0. The molecule has 0 spiro atoms. The number of hydrogen-bond acceptors (Lipinski definition) is 1. The molecule has 96 valence electrons. The zero-order valence-corrected chi connectivity index (χ0v) is 12.9. The van der Waals surface area contributed by atoms with E-state index in [1.807, 2.05) is 0 Å². The quantitative estimate of drug-likeness (QED) is 0.546. The fourth-order valence-electron chi connectivity index (χ4n) is 1.46. The van der Waals surface area contributed by atoms with E-state index >= 15 is 0 Å². The summed E-state index contributed by atoms with van der Waals surface area (Å²) in [6, 6.07) is 10.6. The molecule has 0 aliphatic rings. The maximum Gasteiger partial charge on any atom is 0.191 e. The van der Waals surface area contributed by atoms with Crippen LogP contribution in [0.5, 0.6) is 0 Å². The second-order valence-electron chi connectivity index (χ2n) is 6.20. The highest BCUT2D eigenvalue weighted by Crippen LogP contribution is 2.36. The van der Waals surface area contributed by atoms with E-state index < -0.39 is 8.32 Å². The Hall–Kier alpha value is -0.603. The first-order chi connectivity index (χ1) is 7.83. The maximum atomic E-state index is 6.15. The van der Waals surface area contributed by atoms with Crippen LogP contribution < -0.4 is 0 Å². The summed E-state index contributed by atoms with van der Waals surface area (Å²) in [5.41, 5.74) is 1.41. The number of rotatable bonds is 5. The molecule has 0 aliphatic carbocycles. The maximum absolute atomic E-state index is 6.15. The number of benzene rings is 1. The van der Waals surface area contributed by atoms with E-state index in [0.29, 0.717) is 5.04 Å². The van der Waals surface area contributed by atoms with Gasteiger partial charge in [0.15, 0.2) is 8.32 Å². The molecule has 0 heterocycles. The van der Waals surface area contributed by atoms with Gasteiger partial charge in [0.1, 0.15) is 0 Å². The SMILES string of the molecule is CC(C)(C)[Si](C)(C)OCCCc1ccccc1. The lowest BCUT2D eigenvalue weighted by Crippen LogP contribution is -2.41. The van der Waals surface area contributed by atoms with E-state index in [9.17, 15) is 0 Å². The van der Waals surface area contributed by atoms with Gasteiger partial charge in [0.2, 0.25) is 0 Å². The highest BCUT2D eigenvalue weighted by atomic mass is 28.4. The molecule has 0 unspecified atom stereocenters. The van der Waals surface area contributed by atoms with Crippen molar-refractivity contribution in [2.75, 3.05) is 6.61 Å². The van der Waals surface area contributed by atoms with Gasteiger partial charge in [-0.25, -0.2) is 0 Å². The lowest BCUT2D eigenvalue weighted by Gasteiger charge is -2.36. The summed E-state index contributed by atoms with van der Waals surface area (Å²) < 4.78 is 6.15. The molecule has 1 aromatic rings. The van der Waals surface area contributed by atoms with Crippen molar-refractivity contribution in [1.29, 1.82) is 0 Å². The first-order valence-electron chi connectivity index (χ1n) is 6.51. The lowest BCUT2D eigenvalue weighted by atomic mass is 10.1. The van der Waals surface area contributed by atoms with E-state index in [1.165, 1.54) is 5.56 Å². The Morgan fingerprint density at radius 3 is 2.18 bits per heavy atom. The van der Waals surface area contributed by atoms with Crippen LogP contribution in [-0.4, -0.2) is 14.9 Å². The Labute approximate surface area is 107 Å². The van der Waals surface area contributed by atoms with Crippen LogP contribution in [0.4, 0.5) is 0 Å². The van der Waals surface area contributed by atoms with Gasteiger partial charge in [0.25, 0.3) is 0 Å². The van der Waals surface area contributed by atoms with Gasteiger partial charge in [-0.15, -0.1) is 0 Å². The van der Waals surface area contributed by atoms with E-state index in [4.69, 9.17) is 4.43 Å². The summed E-state index contributed by atoms with van der Waals surface area (Å²) >= 11 is 0. The molecule has 0 radical (unpaired) electrons. The fourth-order valence-corrected chi connectivity index (χ4v) is 2.55. The largest absolute Gasteiger partial charge is 0.417 e. The second-order valence-corrected chi connectivity index (χ2v) is 11.0. The van der Waals surface area contributed by atoms with Gasteiger partial charge in [0.05, 0.1) is 0 Å². The molecule has 1 nitrogen and oxygen atoms in total. The third kappa shape index (κ3) is 4.64. The molecule has 0 aliphatic heterocycles. The van der Waals surface area contributed by atoms with Crippen LogP contribution >= 0.6 is 0 Å². The first-order valence-corrected chi connectivity index (χ1v) is 9.42. The molecule has 0 atom stereocenters. The summed E-state index contributed by atoms with van der Waals surface area (Å²) in [6.07, 6.45) is 2.24. The predicted octanol–water partition coefficient (Wildman–Crippen LogP) is 4.64. The summed E-state index contributed by atoms with van der Waals surface area (Å²) in [5, 5.41) is 0.319. The second kappa shape index (κ2) is 5.83. The summed E-state index contributed by atoms with van der Waals surface area (Å²) in [6.45, 7) is 12.4. The van der Waals surface area contributed by atoms with Gasteiger partial charge in [-0.05, 0) is 36.5 Å². The topological polar surface area (TPSA) is 9.23 Å². The van der Waals surface area contributed by atoms with Crippen molar-refractivity contribution in [3.05, 3.63) is 35.9 Å². The minimum absolute atomic E-state index is 0.319. The van der Waals surface area contributed by atoms with Crippen LogP contribution in [0.3, 0.4) is 0 Å². The molecular formula is C15H26OSi. The Bertz CT molecular complexity index is 325. The van der Waals surface area contributed by atoms with Crippen molar-refractivity contribution >= 4 is 8.32 Å². The van der Waals surface area contributed by atoms with Gasteiger partial charge >= 0.3 is 0 Å². The molecule has 1 aromatic carbocycles. The van der Waals surface area contributed by atoms with Crippen molar-refractivity contribution in [1.82, 2.24) is 0 Å². The first kappa shape index (κ1) is 14.5. The van der Waals surface area contributed by atoms with Gasteiger partial charge in [0, 0.05) is 6.61 Å². The molecule has 0 fully saturated rings. The van der Waals surface area contributed by atoms with E-state index in [2.05, 4.69) is 64.2 Å². The molecule has 0 amide bonds. The zero-order valence-electron chi connectivity index (χ0n) is 11.9. The molecule has 0 aromatic heterocycles. The van der Waals surface area contributed by atoms with Crippen molar-refractivity contribution in [3.8, 4) is 0 Å². The van der Waals surface area contributed by atoms with E-state index in [0.717, 1.165) is 19.4 Å². The third-order valence-corrected chi connectivity index (χ3v) is 8.26. The van der Waals surface area contributed by atoms with E-state index in [-0.39, 0.29) is 0 Å². The fraction of sp³-hybridized carbons (Fsp3) is 0.600. The normalized spacial score (nSPS) is 12.8. The lowest BCUT2D eigenvalue weighted by molar-refractivity contribution is 0.282. The summed E-state index contributed by atoms with van der Waals surface area (Å²) in [4.78, 5) is 0. The van der Waals surface area contributed by atoms with Crippen LogP contribution in [0.2, 0.25) is 18.1 Å². The minimum atomic E-state index is -1.54. The highest BCUT2D eigenvalue weighted by Gasteiger charge is 2.36. The average molecular weight is 250 g/mol. The van der Waals surface area contributed by atoms with E-state index in [1.54, 1.807) is 0 Å². The summed E-state index contributed by atoms with van der Waals surface area (Å²) in [7, 11) is -1.54. The van der Waals surface area contributed by atoms with Crippen LogP contribution in [0.1, 0.15) is 32.8 Å². The molecule has 0 saturated carbocycles. The van der Waals surface area contributed by atoms with Crippen molar-refractivity contribution in [3.63, 3.8) is 0 Å². The molecule has 2 heteroatoms. The van der Waals surface area contributed by atoms with Gasteiger partial charge < -0.3 is 4.43 Å². The zero-order chi connectivity index (χ0) is 12.9. The molecule has 0 N–H and O–H groups in total. The highest BCUT2D eigenvalue weighted by molar-refractivity contribution is 6.74. The third-order valence-electron chi connectivity index (χ3n) is 3.72. The predicted molar refractivity (Wildman–Crippen MR) is 77.9 cm³/mol. The number of aryl methyl sites for hydroxylation is 1. The Morgan fingerprint density at radius 1 is 1.06 bits per heavy atom. The monoisotopic (exact) mass is 250 g/mol. The smallest absolute Gasteiger partial charge is 0.191 e. The molecule has 1 rings (SSSR count). The van der Waals surface area contributed by atoms with Crippen LogP contribution in [0.25, 0.3) is 0 Å². The van der Waals surface area contributed by atoms with Crippen LogP contribution in [0, 0.1) is 0 Å². The van der Waals surface area contributed by atoms with Crippen molar-refractivity contribution in [2.45, 2.75) is 51.7 Å². The standard InChI is InChI=1S/C15H26OSi/c1-15(2,3)17(4,5)16-13-9-12-14-10-7-6-8-11-14/h6-8,10-11H,9,12-13H2,1-5H3. The van der Waals surface area contributed by atoms with Crippen LogP contribution in [-0.2, 0) is 10.8 Å². The van der Waals surface area contributed by atoms with Crippen molar-refractivity contribution in [2.24, 2.45) is 0 Å². The van der Waals surface area contributed by atoms with Gasteiger partial charge in [-0.2, -0.15) is 0 Å². The summed E-state index contributed by atoms with van der Waals surface area (Å²) in [5.74, 6) is 0. The van der Waals surface area contributed by atoms with Gasteiger partial charge in [-0.1, -0.05) is 51.1 Å². The molecular weight excluding hydrogens is 224 g/mol. The average Bonchev–Trinajstić information content (AvgIpc) is 2.24. The van der Waals surface area contributed by atoms with Crippen molar-refractivity contribution < 1.29 is 4.43 Å². The molecule has 0 saturated heterocycles. The molecule has 17 heavy (non-hydrogen) atoms. The Balaban J connectivity index is 2.30. The molecule has 0 bridgehead atoms.